The zero-order valence-electron chi connectivity index (χ0n) is 8.49. The smallest absolute Gasteiger partial charge is 0.304 e. The van der Waals surface area contributed by atoms with Crippen LogP contribution in [0, 0.1) is 0 Å². The number of nitrogens with one attached hydrogen (secondary N) is 1. The normalized spacial score (nSPS) is 18.1. The van der Waals surface area contributed by atoms with Gasteiger partial charge in [0.05, 0.1) is 13.5 Å². The van der Waals surface area contributed by atoms with Crippen molar-refractivity contribution in [2.24, 2.45) is 0 Å². The molecule has 1 atom stereocenters. The molecule has 1 aliphatic heterocycles. The molecule has 0 aromatic heterocycles. The van der Waals surface area contributed by atoms with E-state index in [0.717, 1.165) is 17.0 Å². The Balaban J connectivity index is 2.35. The fraction of sp³-hybridized carbons (Fsp3) is 0.364. The van der Waals surface area contributed by atoms with Crippen molar-refractivity contribution >= 4 is 11.7 Å². The number of carbonyl (C=O) groups is 1. The summed E-state index contributed by atoms with van der Waals surface area (Å²) in [6.45, 7) is 0.669. The lowest BCUT2D eigenvalue weighted by Gasteiger charge is -2.11. The minimum Gasteiger partial charge on any atom is -0.496 e. The van der Waals surface area contributed by atoms with Crippen molar-refractivity contribution < 1.29 is 14.6 Å². The van der Waals surface area contributed by atoms with Crippen LogP contribution in [0.4, 0.5) is 5.69 Å². The Labute approximate surface area is 87.9 Å². The van der Waals surface area contributed by atoms with E-state index in [-0.39, 0.29) is 12.3 Å². The number of aliphatic carboxylic acids is 1. The van der Waals surface area contributed by atoms with Gasteiger partial charge in [-0.1, -0.05) is 6.07 Å². The van der Waals surface area contributed by atoms with E-state index in [1.54, 1.807) is 7.11 Å². The van der Waals surface area contributed by atoms with Crippen LogP contribution in [0.5, 0.6) is 5.75 Å². The Morgan fingerprint density at radius 1 is 1.67 bits per heavy atom. The first-order valence-electron chi connectivity index (χ1n) is 4.85. The quantitative estimate of drug-likeness (QED) is 0.791. The maximum absolute atomic E-state index is 10.7. The van der Waals surface area contributed by atoms with E-state index in [2.05, 4.69) is 5.32 Å². The maximum atomic E-state index is 10.7. The highest BCUT2D eigenvalue weighted by atomic mass is 16.5. The van der Waals surface area contributed by atoms with Gasteiger partial charge in [0.25, 0.3) is 0 Å². The fourth-order valence-electron chi connectivity index (χ4n) is 2.02. The van der Waals surface area contributed by atoms with Gasteiger partial charge in [-0.25, -0.2) is 0 Å². The molecular weight excluding hydrogens is 194 g/mol. The van der Waals surface area contributed by atoms with Crippen molar-refractivity contribution in [3.63, 3.8) is 0 Å². The van der Waals surface area contributed by atoms with Crippen molar-refractivity contribution in [1.29, 1.82) is 0 Å². The van der Waals surface area contributed by atoms with Gasteiger partial charge >= 0.3 is 5.97 Å². The van der Waals surface area contributed by atoms with Crippen LogP contribution in [0.1, 0.15) is 17.9 Å². The van der Waals surface area contributed by atoms with E-state index in [1.165, 1.54) is 0 Å². The number of methoxy groups -OCH3 is 1. The summed E-state index contributed by atoms with van der Waals surface area (Å²) in [4.78, 5) is 10.7. The minimum atomic E-state index is -0.777. The van der Waals surface area contributed by atoms with Crippen LogP contribution >= 0.6 is 0 Å². The lowest BCUT2D eigenvalue weighted by Crippen LogP contribution is -2.08. The first-order valence-corrected chi connectivity index (χ1v) is 4.85. The van der Waals surface area contributed by atoms with E-state index >= 15 is 0 Å². The summed E-state index contributed by atoms with van der Waals surface area (Å²) < 4.78 is 5.24. The van der Waals surface area contributed by atoms with Crippen molar-refractivity contribution in [2.45, 2.75) is 12.3 Å². The molecule has 0 aliphatic carbocycles. The highest BCUT2D eigenvalue weighted by molar-refractivity contribution is 5.72. The van der Waals surface area contributed by atoms with Gasteiger partial charge in [0.2, 0.25) is 0 Å². The molecule has 4 nitrogen and oxygen atoms in total. The number of hydrogen-bond donors (Lipinski definition) is 2. The molecule has 1 unspecified atom stereocenters. The van der Waals surface area contributed by atoms with E-state index in [9.17, 15) is 4.79 Å². The number of rotatable bonds is 3. The first kappa shape index (κ1) is 9.83. The molecule has 15 heavy (non-hydrogen) atoms. The molecular formula is C11H13NO3. The summed E-state index contributed by atoms with van der Waals surface area (Å²) in [7, 11) is 1.60. The maximum Gasteiger partial charge on any atom is 0.304 e. The SMILES string of the molecule is COc1cccc2c1C(CC(=O)O)CN2. The molecule has 1 heterocycles. The van der Waals surface area contributed by atoms with Crippen molar-refractivity contribution in [3.05, 3.63) is 23.8 Å². The van der Waals surface area contributed by atoms with Gasteiger partial charge in [-0.3, -0.25) is 4.79 Å². The number of ether oxygens (including phenoxy) is 1. The second kappa shape index (κ2) is 3.81. The number of carboxylic acid groups (broad SMARTS) is 1. The van der Waals surface area contributed by atoms with Crippen LogP contribution in [0.25, 0.3) is 0 Å². The summed E-state index contributed by atoms with van der Waals surface area (Å²) in [5, 5.41) is 12.0. The largest absolute Gasteiger partial charge is 0.496 e. The second-order valence-electron chi connectivity index (χ2n) is 3.60. The monoisotopic (exact) mass is 207 g/mol. The van der Waals surface area contributed by atoms with Gasteiger partial charge < -0.3 is 15.2 Å². The number of anilines is 1. The summed E-state index contributed by atoms with van der Waals surface area (Å²) in [6, 6.07) is 5.70. The molecule has 1 aromatic carbocycles. The Morgan fingerprint density at radius 2 is 2.47 bits per heavy atom. The van der Waals surface area contributed by atoms with Gasteiger partial charge in [-0.15, -0.1) is 0 Å². The van der Waals surface area contributed by atoms with Gasteiger partial charge in [-0.05, 0) is 12.1 Å². The number of hydrogen-bond acceptors (Lipinski definition) is 3. The molecule has 80 valence electrons. The van der Waals surface area contributed by atoms with Crippen LogP contribution in [0.2, 0.25) is 0 Å². The first-order chi connectivity index (χ1) is 7.22. The van der Waals surface area contributed by atoms with Crippen LogP contribution in [-0.4, -0.2) is 24.7 Å². The second-order valence-corrected chi connectivity index (χ2v) is 3.60. The summed E-state index contributed by atoms with van der Waals surface area (Å²) in [6.07, 6.45) is 0.139. The van der Waals surface area contributed by atoms with E-state index in [0.29, 0.717) is 6.54 Å². The molecule has 4 heteroatoms. The molecule has 0 amide bonds. The van der Waals surface area contributed by atoms with Crippen LogP contribution < -0.4 is 10.1 Å². The molecule has 0 radical (unpaired) electrons. The van der Waals surface area contributed by atoms with Crippen molar-refractivity contribution in [1.82, 2.24) is 0 Å². The number of fused-ring (bicyclic) bond motifs is 1. The highest BCUT2D eigenvalue weighted by Crippen LogP contribution is 2.39. The van der Waals surface area contributed by atoms with Gasteiger partial charge in [0.1, 0.15) is 5.75 Å². The molecule has 0 fully saturated rings. The van der Waals surface area contributed by atoms with Gasteiger partial charge in [0.15, 0.2) is 0 Å². The predicted molar refractivity (Wildman–Crippen MR) is 56.5 cm³/mol. The van der Waals surface area contributed by atoms with Crippen LogP contribution in [-0.2, 0) is 4.79 Å². The third kappa shape index (κ3) is 1.75. The van der Waals surface area contributed by atoms with Crippen molar-refractivity contribution in [3.8, 4) is 5.75 Å². The number of carboxylic acids is 1. The number of benzene rings is 1. The summed E-state index contributed by atoms with van der Waals surface area (Å²) >= 11 is 0. The molecule has 2 rings (SSSR count). The fourth-order valence-corrected chi connectivity index (χ4v) is 2.02. The Hall–Kier alpha value is -1.71. The minimum absolute atomic E-state index is 0.00801. The van der Waals surface area contributed by atoms with Crippen LogP contribution in [0.3, 0.4) is 0 Å². The van der Waals surface area contributed by atoms with Crippen LogP contribution in [0.15, 0.2) is 18.2 Å². The molecule has 2 N–H and O–H groups in total. The zero-order chi connectivity index (χ0) is 10.8. The van der Waals surface area contributed by atoms with Gasteiger partial charge in [0, 0.05) is 23.7 Å². The lowest BCUT2D eigenvalue weighted by atomic mass is 9.97. The molecule has 0 bridgehead atoms. The zero-order valence-corrected chi connectivity index (χ0v) is 8.49. The van der Waals surface area contributed by atoms with E-state index in [1.807, 2.05) is 18.2 Å². The highest BCUT2D eigenvalue weighted by Gasteiger charge is 2.27. The Morgan fingerprint density at radius 3 is 3.13 bits per heavy atom. The van der Waals surface area contributed by atoms with Crippen molar-refractivity contribution in [2.75, 3.05) is 19.0 Å². The Bertz CT molecular complexity index is 389. The molecule has 0 saturated carbocycles. The Kier molecular flexibility index (Phi) is 2.49. The summed E-state index contributed by atoms with van der Waals surface area (Å²) in [5.74, 6) is -0.00189. The molecule has 1 aliphatic rings. The predicted octanol–water partition coefficient (Wildman–Crippen LogP) is 1.68. The lowest BCUT2D eigenvalue weighted by molar-refractivity contribution is -0.137. The topological polar surface area (TPSA) is 58.6 Å². The summed E-state index contributed by atoms with van der Waals surface area (Å²) in [5.41, 5.74) is 1.98. The van der Waals surface area contributed by atoms with E-state index < -0.39 is 5.97 Å². The average Bonchev–Trinajstić information content (AvgIpc) is 2.61. The third-order valence-corrected chi connectivity index (χ3v) is 2.65. The molecule has 0 saturated heterocycles. The average molecular weight is 207 g/mol. The third-order valence-electron chi connectivity index (χ3n) is 2.65. The molecule has 1 aromatic rings. The van der Waals surface area contributed by atoms with E-state index in [4.69, 9.17) is 9.84 Å². The standard InChI is InChI=1S/C11H13NO3/c1-15-9-4-2-3-8-11(9)7(6-12-8)5-10(13)14/h2-4,7,12H,5-6H2,1H3,(H,13,14). The molecule has 0 spiro atoms. The van der Waals surface area contributed by atoms with Gasteiger partial charge in [-0.2, -0.15) is 0 Å².